The van der Waals surface area contributed by atoms with Crippen LogP contribution in [0.15, 0.2) is 12.4 Å². The van der Waals surface area contributed by atoms with Crippen molar-refractivity contribution in [1.29, 1.82) is 0 Å². The Bertz CT molecular complexity index is 293. The minimum absolute atomic E-state index is 0.713. The molecule has 1 heteroatoms. The molecule has 0 spiro atoms. The van der Waals surface area contributed by atoms with Crippen molar-refractivity contribution in [2.24, 2.45) is 23.7 Å². The molecule has 0 aromatic carbocycles. The third kappa shape index (κ3) is 6.05. The van der Waals surface area contributed by atoms with Crippen molar-refractivity contribution in [2.75, 3.05) is 0 Å². The molecule has 2 saturated carbocycles. The second-order valence-electron chi connectivity index (χ2n) is 8.00. The highest BCUT2D eigenvalue weighted by molar-refractivity contribution is 4.83. The molecule has 2 rings (SSSR count). The maximum absolute atomic E-state index is 12.0. The Morgan fingerprint density at radius 2 is 1.32 bits per heavy atom. The van der Waals surface area contributed by atoms with Crippen molar-refractivity contribution in [3.05, 3.63) is 12.4 Å². The molecule has 22 heavy (non-hydrogen) atoms. The van der Waals surface area contributed by atoms with Gasteiger partial charge in [0, 0.05) is 0 Å². The molecule has 0 radical (unpaired) electrons. The summed E-state index contributed by atoms with van der Waals surface area (Å²) in [5.41, 5.74) is 0. The first-order valence-electron chi connectivity index (χ1n) is 10.1. The summed E-state index contributed by atoms with van der Waals surface area (Å²) in [6.45, 7) is 2.31. The lowest BCUT2D eigenvalue weighted by Crippen LogP contribution is -2.25. The van der Waals surface area contributed by atoms with E-state index in [1.165, 1.54) is 83.5 Å². The Kier molecular flexibility index (Phi) is 8.55. The summed E-state index contributed by atoms with van der Waals surface area (Å²) in [6, 6.07) is 0. The molecule has 0 heterocycles. The van der Waals surface area contributed by atoms with Gasteiger partial charge in [0.15, 0.2) is 0 Å². The Labute approximate surface area is 138 Å². The lowest BCUT2D eigenvalue weighted by Gasteiger charge is -2.38. The normalized spacial score (nSPS) is 33.4. The van der Waals surface area contributed by atoms with E-state index in [-0.39, 0.29) is 0 Å². The van der Waals surface area contributed by atoms with E-state index >= 15 is 0 Å². The van der Waals surface area contributed by atoms with Crippen molar-refractivity contribution in [3.8, 4) is 0 Å². The van der Waals surface area contributed by atoms with E-state index in [0.29, 0.717) is 6.33 Å². The summed E-state index contributed by atoms with van der Waals surface area (Å²) in [6.07, 6.45) is 22.1. The fraction of sp³-hybridized carbons (Fsp3) is 0.905. The summed E-state index contributed by atoms with van der Waals surface area (Å²) >= 11 is 0. The van der Waals surface area contributed by atoms with E-state index in [2.05, 4.69) is 6.92 Å². The summed E-state index contributed by atoms with van der Waals surface area (Å²) in [5.74, 6) is 3.98. The standard InChI is InChI=1S/C21H37F/c1-2-3-4-7-18-9-13-20(14-10-18)21-15-11-19(12-16-21)8-5-6-17-22/h6,17-21H,2-5,7-16H2,1H3. The third-order valence-electron chi connectivity index (χ3n) is 6.50. The van der Waals surface area contributed by atoms with Crippen LogP contribution in [0.2, 0.25) is 0 Å². The van der Waals surface area contributed by atoms with Crippen molar-refractivity contribution >= 4 is 0 Å². The zero-order valence-electron chi connectivity index (χ0n) is 14.7. The number of rotatable bonds is 8. The van der Waals surface area contributed by atoms with Gasteiger partial charge >= 0.3 is 0 Å². The second kappa shape index (κ2) is 10.4. The number of hydrogen-bond donors (Lipinski definition) is 0. The van der Waals surface area contributed by atoms with Crippen LogP contribution in [-0.2, 0) is 0 Å². The summed E-state index contributed by atoms with van der Waals surface area (Å²) < 4.78 is 12.0. The molecule has 2 aliphatic rings. The van der Waals surface area contributed by atoms with E-state index in [1.807, 2.05) is 0 Å². The van der Waals surface area contributed by atoms with Crippen LogP contribution in [0.1, 0.15) is 96.8 Å². The van der Waals surface area contributed by atoms with Gasteiger partial charge in [0.1, 0.15) is 0 Å². The highest BCUT2D eigenvalue weighted by atomic mass is 19.1. The van der Waals surface area contributed by atoms with E-state index in [1.54, 1.807) is 6.08 Å². The molecule has 2 fully saturated rings. The average molecular weight is 309 g/mol. The molecule has 0 bridgehead atoms. The van der Waals surface area contributed by atoms with Gasteiger partial charge in [-0.25, -0.2) is 4.39 Å². The van der Waals surface area contributed by atoms with Crippen molar-refractivity contribution in [1.82, 2.24) is 0 Å². The third-order valence-corrected chi connectivity index (χ3v) is 6.50. The molecule has 0 amide bonds. The smallest absolute Gasteiger partial charge is 0.0827 e. The molecular formula is C21H37F. The monoisotopic (exact) mass is 308 g/mol. The van der Waals surface area contributed by atoms with Crippen LogP contribution in [0.25, 0.3) is 0 Å². The SMILES string of the molecule is CCCCCC1CCC(C2CCC(CCC=CF)CC2)CC1. The van der Waals surface area contributed by atoms with E-state index in [4.69, 9.17) is 0 Å². The Morgan fingerprint density at radius 1 is 0.773 bits per heavy atom. The van der Waals surface area contributed by atoms with Gasteiger partial charge in [0.05, 0.1) is 6.33 Å². The molecule has 0 atom stereocenters. The topological polar surface area (TPSA) is 0 Å². The van der Waals surface area contributed by atoms with Crippen molar-refractivity contribution in [3.63, 3.8) is 0 Å². The molecule has 0 aromatic rings. The van der Waals surface area contributed by atoms with Crippen LogP contribution in [0.3, 0.4) is 0 Å². The maximum atomic E-state index is 12.0. The van der Waals surface area contributed by atoms with Crippen LogP contribution in [-0.4, -0.2) is 0 Å². The molecule has 0 aromatic heterocycles. The Hall–Kier alpha value is -0.330. The van der Waals surface area contributed by atoms with E-state index in [0.717, 1.165) is 30.1 Å². The highest BCUT2D eigenvalue weighted by Crippen LogP contribution is 2.43. The first-order chi connectivity index (χ1) is 10.8. The quantitative estimate of drug-likeness (QED) is 0.409. The molecule has 0 saturated heterocycles. The molecular weight excluding hydrogens is 271 g/mol. The van der Waals surface area contributed by atoms with Gasteiger partial charge in [0.25, 0.3) is 0 Å². The number of hydrogen-bond acceptors (Lipinski definition) is 0. The van der Waals surface area contributed by atoms with E-state index in [9.17, 15) is 4.39 Å². The van der Waals surface area contributed by atoms with Gasteiger partial charge in [-0.3, -0.25) is 0 Å². The Morgan fingerprint density at radius 3 is 1.82 bits per heavy atom. The fourth-order valence-corrected chi connectivity index (χ4v) is 4.97. The second-order valence-corrected chi connectivity index (χ2v) is 8.00. The summed E-state index contributed by atoms with van der Waals surface area (Å²) in [7, 11) is 0. The van der Waals surface area contributed by atoms with Gasteiger partial charge in [-0.2, -0.15) is 0 Å². The molecule has 2 aliphatic carbocycles. The van der Waals surface area contributed by atoms with Crippen molar-refractivity contribution < 1.29 is 4.39 Å². The van der Waals surface area contributed by atoms with Gasteiger partial charge in [0.2, 0.25) is 0 Å². The Balaban J connectivity index is 1.60. The van der Waals surface area contributed by atoms with Gasteiger partial charge in [-0.1, -0.05) is 64.4 Å². The molecule has 0 N–H and O–H groups in total. The van der Waals surface area contributed by atoms with E-state index < -0.39 is 0 Å². The summed E-state index contributed by atoms with van der Waals surface area (Å²) in [5, 5.41) is 0. The lowest BCUT2D eigenvalue weighted by molar-refractivity contribution is 0.140. The van der Waals surface area contributed by atoms with Crippen LogP contribution in [0.4, 0.5) is 4.39 Å². The molecule has 0 unspecified atom stereocenters. The minimum atomic E-state index is 0.713. The molecule has 0 nitrogen and oxygen atoms in total. The molecule has 0 aliphatic heterocycles. The zero-order valence-corrected chi connectivity index (χ0v) is 14.7. The van der Waals surface area contributed by atoms with Gasteiger partial charge in [-0.15, -0.1) is 0 Å². The van der Waals surface area contributed by atoms with Crippen LogP contribution in [0.5, 0.6) is 0 Å². The zero-order chi connectivity index (χ0) is 15.6. The average Bonchev–Trinajstić information content (AvgIpc) is 2.57. The minimum Gasteiger partial charge on any atom is -0.216 e. The fourth-order valence-electron chi connectivity index (χ4n) is 4.97. The highest BCUT2D eigenvalue weighted by Gasteiger charge is 2.30. The number of allylic oxidation sites excluding steroid dienone is 1. The van der Waals surface area contributed by atoms with Gasteiger partial charge in [-0.05, 0) is 62.2 Å². The number of unbranched alkanes of at least 4 members (excludes halogenated alkanes) is 2. The van der Waals surface area contributed by atoms with Crippen LogP contribution < -0.4 is 0 Å². The molecule has 128 valence electrons. The first kappa shape index (κ1) is 18.0. The lowest BCUT2D eigenvalue weighted by atomic mass is 9.68. The largest absolute Gasteiger partial charge is 0.216 e. The first-order valence-corrected chi connectivity index (χ1v) is 10.1. The predicted octanol–water partition coefficient (Wildman–Crippen LogP) is 7.44. The van der Waals surface area contributed by atoms with Crippen LogP contribution in [0, 0.1) is 23.7 Å². The van der Waals surface area contributed by atoms with Crippen LogP contribution >= 0.6 is 0 Å². The van der Waals surface area contributed by atoms with Crippen molar-refractivity contribution in [2.45, 2.75) is 96.8 Å². The summed E-state index contributed by atoms with van der Waals surface area (Å²) in [4.78, 5) is 0. The maximum Gasteiger partial charge on any atom is 0.0827 e. The number of halogens is 1. The van der Waals surface area contributed by atoms with Gasteiger partial charge < -0.3 is 0 Å². The predicted molar refractivity (Wildman–Crippen MR) is 94.5 cm³/mol.